The molecule has 0 spiro atoms. The lowest BCUT2D eigenvalue weighted by Gasteiger charge is -2.27. The van der Waals surface area contributed by atoms with E-state index in [1.165, 1.54) is 5.56 Å². The van der Waals surface area contributed by atoms with E-state index in [0.29, 0.717) is 16.8 Å². The zero-order chi connectivity index (χ0) is 22.7. The van der Waals surface area contributed by atoms with Crippen molar-refractivity contribution in [3.05, 3.63) is 57.9 Å². The number of H-pyrrole nitrogens is 1. The Morgan fingerprint density at radius 1 is 1.06 bits per heavy atom. The van der Waals surface area contributed by atoms with E-state index in [1.807, 2.05) is 18.2 Å². The number of hydrogen-bond donors (Lipinski definition) is 2. The van der Waals surface area contributed by atoms with Crippen molar-refractivity contribution >= 4 is 17.8 Å². The molecule has 7 heteroatoms. The van der Waals surface area contributed by atoms with Crippen molar-refractivity contribution < 1.29 is 23.9 Å². The third kappa shape index (κ3) is 4.98. The molecule has 1 amide bonds. The van der Waals surface area contributed by atoms with Crippen molar-refractivity contribution in [1.82, 2.24) is 10.3 Å². The maximum Gasteiger partial charge on any atom is 0.355 e. The fraction of sp³-hybridized carbons (Fsp3) is 0.458. The van der Waals surface area contributed by atoms with Crippen molar-refractivity contribution in [2.75, 3.05) is 0 Å². The van der Waals surface area contributed by atoms with Crippen LogP contribution >= 0.6 is 0 Å². The van der Waals surface area contributed by atoms with Crippen molar-refractivity contribution in [1.29, 1.82) is 0 Å². The number of benzene rings is 1. The second kappa shape index (κ2) is 9.37. The van der Waals surface area contributed by atoms with Crippen LogP contribution in [0.25, 0.3) is 0 Å². The van der Waals surface area contributed by atoms with Gasteiger partial charge in [-0.15, -0.1) is 0 Å². The lowest BCUT2D eigenvalue weighted by atomic mass is 9.87. The third-order valence-corrected chi connectivity index (χ3v) is 5.53. The smallest absolute Gasteiger partial charge is 0.355 e. The van der Waals surface area contributed by atoms with Gasteiger partial charge in [0.2, 0.25) is 0 Å². The van der Waals surface area contributed by atoms with Gasteiger partial charge in [0.05, 0.1) is 17.7 Å². The van der Waals surface area contributed by atoms with E-state index in [1.54, 1.807) is 34.6 Å². The Morgan fingerprint density at radius 3 is 2.48 bits per heavy atom. The van der Waals surface area contributed by atoms with Crippen molar-refractivity contribution in [2.24, 2.45) is 0 Å². The summed E-state index contributed by atoms with van der Waals surface area (Å²) >= 11 is 0. The minimum absolute atomic E-state index is 0.0922. The monoisotopic (exact) mass is 426 g/mol. The molecule has 0 bridgehead atoms. The van der Waals surface area contributed by atoms with Crippen LogP contribution in [-0.4, -0.2) is 35.0 Å². The summed E-state index contributed by atoms with van der Waals surface area (Å²) < 4.78 is 10.7. The predicted molar refractivity (Wildman–Crippen MR) is 116 cm³/mol. The Kier molecular flexibility index (Phi) is 6.83. The first-order valence-electron chi connectivity index (χ1n) is 10.7. The van der Waals surface area contributed by atoms with E-state index in [2.05, 4.69) is 16.4 Å². The van der Waals surface area contributed by atoms with Gasteiger partial charge in [-0.2, -0.15) is 0 Å². The van der Waals surface area contributed by atoms with E-state index in [0.717, 1.165) is 24.8 Å². The van der Waals surface area contributed by atoms with E-state index >= 15 is 0 Å². The van der Waals surface area contributed by atoms with Crippen LogP contribution in [0.2, 0.25) is 0 Å². The topological polar surface area (TPSA) is 97.5 Å². The highest BCUT2D eigenvalue weighted by molar-refractivity contribution is 5.99. The van der Waals surface area contributed by atoms with Crippen LogP contribution in [0.1, 0.15) is 82.9 Å². The molecule has 2 atom stereocenters. The van der Waals surface area contributed by atoms with Gasteiger partial charge in [-0.05, 0) is 70.6 Å². The number of nitrogens with one attached hydrogen (secondary N) is 2. The molecule has 1 aliphatic rings. The molecule has 0 aliphatic heterocycles. The summed E-state index contributed by atoms with van der Waals surface area (Å²) in [6, 6.07) is 7.98. The van der Waals surface area contributed by atoms with Crippen molar-refractivity contribution in [3.63, 3.8) is 0 Å². The highest BCUT2D eigenvalue weighted by Gasteiger charge is 2.28. The summed E-state index contributed by atoms with van der Waals surface area (Å²) in [6.45, 7) is 8.41. The lowest BCUT2D eigenvalue weighted by Crippen LogP contribution is -2.39. The van der Waals surface area contributed by atoms with Gasteiger partial charge >= 0.3 is 11.9 Å². The van der Waals surface area contributed by atoms with Gasteiger partial charge in [0, 0.05) is 5.69 Å². The molecule has 1 aliphatic carbocycles. The molecule has 2 N–H and O–H groups in total. The van der Waals surface area contributed by atoms with E-state index in [9.17, 15) is 14.4 Å². The molecule has 0 saturated heterocycles. The molecule has 3 rings (SSSR count). The number of carbonyl (C=O) groups is 3. The minimum Gasteiger partial charge on any atom is -0.459 e. The first-order chi connectivity index (χ1) is 14.7. The van der Waals surface area contributed by atoms with Gasteiger partial charge in [0.1, 0.15) is 5.69 Å². The van der Waals surface area contributed by atoms with Crippen LogP contribution in [-0.2, 0) is 20.7 Å². The van der Waals surface area contributed by atoms with Crippen LogP contribution in [0.3, 0.4) is 0 Å². The van der Waals surface area contributed by atoms with Crippen LogP contribution in [0.5, 0.6) is 0 Å². The summed E-state index contributed by atoms with van der Waals surface area (Å²) in [5, 5.41) is 3.00. The zero-order valence-electron chi connectivity index (χ0n) is 18.7. The molecular weight excluding hydrogens is 396 g/mol. The largest absolute Gasteiger partial charge is 0.459 e. The first-order valence-corrected chi connectivity index (χ1v) is 10.7. The summed E-state index contributed by atoms with van der Waals surface area (Å²) in [4.78, 5) is 40.6. The number of amides is 1. The number of aromatic nitrogens is 1. The molecule has 1 aromatic carbocycles. The Hall–Kier alpha value is -3.09. The second-order valence-electron chi connectivity index (χ2n) is 8.28. The number of aryl methyl sites for hydroxylation is 2. The number of carbonyl (C=O) groups excluding carboxylic acids is 3. The Bertz CT molecular complexity index is 992. The molecule has 1 aromatic heterocycles. The number of rotatable bonds is 6. The Morgan fingerprint density at radius 2 is 1.77 bits per heavy atom. The molecule has 0 saturated carbocycles. The lowest BCUT2D eigenvalue weighted by molar-refractivity contribution is -0.130. The number of hydrogen-bond acceptors (Lipinski definition) is 5. The molecule has 166 valence electrons. The van der Waals surface area contributed by atoms with E-state index in [4.69, 9.17) is 9.47 Å². The quantitative estimate of drug-likeness (QED) is 0.682. The number of fused-ring (bicyclic) bond motifs is 1. The van der Waals surface area contributed by atoms with Gasteiger partial charge in [-0.1, -0.05) is 24.3 Å². The van der Waals surface area contributed by atoms with Gasteiger partial charge in [-0.3, -0.25) is 4.79 Å². The fourth-order valence-electron chi connectivity index (χ4n) is 4.00. The standard InChI is InChI=1S/C24H30N2O5/c1-13(2)30-23(28)20-14(3)21(25-15(20)4)24(29)31-16(5)22(27)26-19-12-8-10-17-9-6-7-11-18(17)19/h6-7,9,11,13,16,19,25H,8,10,12H2,1-5H3,(H,26,27)/t16-,19+/m0/s1. The van der Waals surface area contributed by atoms with Crippen LogP contribution in [0, 0.1) is 13.8 Å². The molecular formula is C24H30N2O5. The highest BCUT2D eigenvalue weighted by atomic mass is 16.6. The molecule has 0 fully saturated rings. The molecule has 2 aromatic rings. The van der Waals surface area contributed by atoms with Gasteiger partial charge < -0.3 is 19.8 Å². The molecule has 1 heterocycles. The maximum atomic E-state index is 12.7. The number of esters is 2. The second-order valence-corrected chi connectivity index (χ2v) is 8.28. The summed E-state index contributed by atoms with van der Waals surface area (Å²) in [5.41, 5.74) is 3.78. The average molecular weight is 427 g/mol. The molecule has 0 unspecified atom stereocenters. The molecule has 31 heavy (non-hydrogen) atoms. The maximum absolute atomic E-state index is 12.7. The van der Waals surface area contributed by atoms with Crippen molar-refractivity contribution in [3.8, 4) is 0 Å². The Labute approximate surface area is 182 Å². The predicted octanol–water partition coefficient (Wildman–Crippen LogP) is 3.94. The third-order valence-electron chi connectivity index (χ3n) is 5.53. The fourth-order valence-corrected chi connectivity index (χ4v) is 4.00. The average Bonchev–Trinajstić information content (AvgIpc) is 3.01. The van der Waals surface area contributed by atoms with Crippen LogP contribution < -0.4 is 5.32 Å². The molecule has 7 nitrogen and oxygen atoms in total. The van der Waals surface area contributed by atoms with E-state index < -0.39 is 18.0 Å². The summed E-state index contributed by atoms with van der Waals surface area (Å²) in [6.07, 6.45) is 1.59. The van der Waals surface area contributed by atoms with Crippen molar-refractivity contribution in [2.45, 2.75) is 72.1 Å². The summed E-state index contributed by atoms with van der Waals surface area (Å²) in [5.74, 6) is -1.53. The highest BCUT2D eigenvalue weighted by Crippen LogP contribution is 2.29. The van der Waals surface area contributed by atoms with E-state index in [-0.39, 0.29) is 23.7 Å². The minimum atomic E-state index is -0.976. The summed E-state index contributed by atoms with van der Waals surface area (Å²) in [7, 11) is 0. The van der Waals surface area contributed by atoms with Crippen LogP contribution in [0.4, 0.5) is 0 Å². The number of ether oxygens (including phenoxy) is 2. The zero-order valence-corrected chi connectivity index (χ0v) is 18.7. The van der Waals surface area contributed by atoms with Gasteiger partial charge in [0.25, 0.3) is 5.91 Å². The van der Waals surface area contributed by atoms with Gasteiger partial charge in [0.15, 0.2) is 6.10 Å². The normalized spacial score (nSPS) is 16.4. The Balaban J connectivity index is 1.67. The SMILES string of the molecule is Cc1[nH]c(C(=O)O[C@@H](C)C(=O)N[C@@H]2CCCc3ccccc32)c(C)c1C(=O)OC(C)C. The van der Waals surface area contributed by atoms with Crippen LogP contribution in [0.15, 0.2) is 24.3 Å². The number of aromatic amines is 1. The first kappa shape index (κ1) is 22.6. The van der Waals surface area contributed by atoms with Gasteiger partial charge in [-0.25, -0.2) is 9.59 Å². The molecule has 0 radical (unpaired) electrons.